The summed E-state index contributed by atoms with van der Waals surface area (Å²) in [6.45, 7) is 7.47. The molecule has 0 bridgehead atoms. The molecule has 1 aliphatic rings. The fraction of sp³-hybridized carbons (Fsp3) is 0.471. The van der Waals surface area contributed by atoms with E-state index in [0.717, 1.165) is 31.9 Å². The number of aryl methyl sites for hydroxylation is 1. The van der Waals surface area contributed by atoms with Crippen molar-refractivity contribution in [3.8, 4) is 0 Å². The number of imidazole rings is 1. The third-order valence-electron chi connectivity index (χ3n) is 4.20. The lowest BCUT2D eigenvalue weighted by atomic mass is 10.1. The van der Waals surface area contributed by atoms with Crippen molar-refractivity contribution in [2.45, 2.75) is 32.4 Å². The molecular weight excluding hydrogens is 260 g/mol. The number of rotatable bonds is 3. The van der Waals surface area contributed by atoms with Crippen molar-refractivity contribution in [3.63, 3.8) is 0 Å². The van der Waals surface area contributed by atoms with Crippen LogP contribution in [0.4, 0.5) is 5.69 Å². The second-order valence-corrected chi connectivity index (χ2v) is 6.49. The topological polar surface area (TPSA) is 33.1 Å². The number of nitrogens with zero attached hydrogens (tertiary/aromatic N) is 3. The number of aromatic nitrogens is 2. The van der Waals surface area contributed by atoms with E-state index in [0.29, 0.717) is 0 Å². The Morgan fingerprint density at radius 3 is 2.86 bits per heavy atom. The maximum Gasteiger partial charge on any atom is 0.110 e. The Hall–Kier alpha value is -1.81. The molecule has 1 aliphatic heterocycles. The first-order chi connectivity index (χ1) is 10.1. The van der Waals surface area contributed by atoms with Crippen LogP contribution in [0.1, 0.15) is 25.2 Å². The lowest BCUT2D eigenvalue weighted by molar-refractivity contribution is 0.395. The third-order valence-corrected chi connectivity index (χ3v) is 4.20. The van der Waals surface area contributed by atoms with E-state index in [2.05, 4.69) is 64.9 Å². The van der Waals surface area contributed by atoms with Gasteiger partial charge in [0, 0.05) is 56.7 Å². The van der Waals surface area contributed by atoms with E-state index in [1.807, 2.05) is 12.4 Å². The maximum atomic E-state index is 4.44. The first-order valence-electron chi connectivity index (χ1n) is 7.59. The Kier molecular flexibility index (Phi) is 3.72. The number of fused-ring (bicyclic) bond motifs is 1. The van der Waals surface area contributed by atoms with Gasteiger partial charge in [0.2, 0.25) is 0 Å². The Labute approximate surface area is 126 Å². The summed E-state index contributed by atoms with van der Waals surface area (Å²) < 4.78 is 2.10. The number of anilines is 1. The molecular formula is C17H24N4. The molecule has 0 fully saturated rings. The molecule has 2 aromatic rings. The molecule has 2 heterocycles. The Balaban J connectivity index is 1.82. The van der Waals surface area contributed by atoms with Crippen molar-refractivity contribution >= 4 is 5.69 Å². The number of benzene rings is 1. The summed E-state index contributed by atoms with van der Waals surface area (Å²) in [7, 11) is 2.06. The Morgan fingerprint density at radius 2 is 2.10 bits per heavy atom. The lowest BCUT2D eigenvalue weighted by Gasteiger charge is -2.32. The van der Waals surface area contributed by atoms with E-state index < -0.39 is 0 Å². The summed E-state index contributed by atoms with van der Waals surface area (Å²) in [5.41, 5.74) is 2.84. The highest BCUT2D eigenvalue weighted by Gasteiger charge is 2.26. The van der Waals surface area contributed by atoms with Gasteiger partial charge in [0.25, 0.3) is 0 Å². The normalized spacial score (nSPS) is 17.4. The number of para-hydroxylation sites is 1. The molecule has 0 atom stereocenters. The fourth-order valence-corrected chi connectivity index (χ4v) is 2.99. The molecule has 0 unspecified atom stereocenters. The average molecular weight is 284 g/mol. The highest BCUT2D eigenvalue weighted by atomic mass is 15.2. The molecule has 112 valence electrons. The number of nitrogens with one attached hydrogen (secondary N) is 1. The predicted octanol–water partition coefficient (Wildman–Crippen LogP) is 2.35. The van der Waals surface area contributed by atoms with Crippen LogP contribution in [0.2, 0.25) is 0 Å². The van der Waals surface area contributed by atoms with Gasteiger partial charge >= 0.3 is 0 Å². The molecule has 4 nitrogen and oxygen atoms in total. The molecule has 21 heavy (non-hydrogen) atoms. The molecule has 3 rings (SSSR count). The van der Waals surface area contributed by atoms with Gasteiger partial charge in [-0.25, -0.2) is 4.98 Å². The zero-order chi connectivity index (χ0) is 14.9. The minimum Gasteiger partial charge on any atom is -0.369 e. The van der Waals surface area contributed by atoms with Crippen LogP contribution in [0, 0.1) is 0 Å². The van der Waals surface area contributed by atoms with Gasteiger partial charge in [0.05, 0.1) is 0 Å². The molecule has 1 aromatic heterocycles. The molecule has 0 amide bonds. The first-order valence-corrected chi connectivity index (χ1v) is 7.59. The molecule has 0 spiro atoms. The largest absolute Gasteiger partial charge is 0.369 e. The SMILES string of the molecule is Cn1ccnc1CCN1CC(C)(C)NCc2ccccc21. The summed E-state index contributed by atoms with van der Waals surface area (Å²) in [6, 6.07) is 8.70. The highest BCUT2D eigenvalue weighted by Crippen LogP contribution is 2.26. The first kappa shape index (κ1) is 14.1. The van der Waals surface area contributed by atoms with Crippen LogP contribution < -0.4 is 10.2 Å². The van der Waals surface area contributed by atoms with Gasteiger partial charge in [0.1, 0.15) is 5.82 Å². The van der Waals surface area contributed by atoms with Crippen LogP contribution in [0.3, 0.4) is 0 Å². The number of hydrogen-bond acceptors (Lipinski definition) is 3. The van der Waals surface area contributed by atoms with Gasteiger partial charge in [0.15, 0.2) is 0 Å². The van der Waals surface area contributed by atoms with Crippen molar-refractivity contribution in [3.05, 3.63) is 48.0 Å². The molecule has 1 N–H and O–H groups in total. The monoisotopic (exact) mass is 284 g/mol. The molecule has 0 radical (unpaired) electrons. The number of hydrogen-bond donors (Lipinski definition) is 1. The van der Waals surface area contributed by atoms with E-state index in [4.69, 9.17) is 0 Å². The van der Waals surface area contributed by atoms with Crippen LogP contribution in [-0.2, 0) is 20.0 Å². The molecule has 4 heteroatoms. The van der Waals surface area contributed by atoms with E-state index in [1.54, 1.807) is 0 Å². The van der Waals surface area contributed by atoms with E-state index in [-0.39, 0.29) is 5.54 Å². The van der Waals surface area contributed by atoms with Gasteiger partial charge in [-0.2, -0.15) is 0 Å². The smallest absolute Gasteiger partial charge is 0.110 e. The quantitative estimate of drug-likeness (QED) is 0.939. The summed E-state index contributed by atoms with van der Waals surface area (Å²) in [4.78, 5) is 6.93. The minimum atomic E-state index is 0.112. The minimum absolute atomic E-state index is 0.112. The molecule has 1 aromatic carbocycles. The summed E-state index contributed by atoms with van der Waals surface area (Å²) in [5.74, 6) is 1.14. The van der Waals surface area contributed by atoms with Crippen molar-refractivity contribution in [1.29, 1.82) is 0 Å². The molecule has 0 saturated carbocycles. The van der Waals surface area contributed by atoms with Crippen LogP contribution >= 0.6 is 0 Å². The summed E-state index contributed by atoms with van der Waals surface area (Å²) in [5, 5.41) is 3.65. The Morgan fingerprint density at radius 1 is 1.29 bits per heavy atom. The van der Waals surface area contributed by atoms with Gasteiger partial charge in [-0.1, -0.05) is 18.2 Å². The zero-order valence-electron chi connectivity index (χ0n) is 13.1. The van der Waals surface area contributed by atoms with Gasteiger partial charge in [-0.15, -0.1) is 0 Å². The van der Waals surface area contributed by atoms with E-state index in [1.165, 1.54) is 11.3 Å². The van der Waals surface area contributed by atoms with Gasteiger partial charge in [-0.05, 0) is 25.5 Å². The summed E-state index contributed by atoms with van der Waals surface area (Å²) in [6.07, 6.45) is 4.85. The van der Waals surface area contributed by atoms with Crippen LogP contribution in [0.5, 0.6) is 0 Å². The second-order valence-electron chi connectivity index (χ2n) is 6.49. The van der Waals surface area contributed by atoms with Crippen molar-refractivity contribution < 1.29 is 0 Å². The second kappa shape index (κ2) is 5.53. The summed E-state index contributed by atoms with van der Waals surface area (Å²) >= 11 is 0. The highest BCUT2D eigenvalue weighted by molar-refractivity contribution is 5.55. The maximum absolute atomic E-state index is 4.44. The van der Waals surface area contributed by atoms with Crippen molar-refractivity contribution in [1.82, 2.24) is 14.9 Å². The van der Waals surface area contributed by atoms with Crippen LogP contribution in [-0.4, -0.2) is 28.2 Å². The van der Waals surface area contributed by atoms with Crippen LogP contribution in [0.15, 0.2) is 36.7 Å². The standard InChI is InChI=1S/C17H24N4/c1-17(2)13-21(10-8-16-18-9-11-20(16)3)15-7-5-4-6-14(15)12-19-17/h4-7,9,11,19H,8,10,12-13H2,1-3H3. The predicted molar refractivity (Wildman–Crippen MR) is 86.5 cm³/mol. The van der Waals surface area contributed by atoms with Crippen LogP contribution in [0.25, 0.3) is 0 Å². The van der Waals surface area contributed by atoms with E-state index >= 15 is 0 Å². The lowest BCUT2D eigenvalue weighted by Crippen LogP contribution is -2.47. The van der Waals surface area contributed by atoms with Crippen molar-refractivity contribution in [2.24, 2.45) is 7.05 Å². The molecule has 0 aliphatic carbocycles. The van der Waals surface area contributed by atoms with Gasteiger partial charge < -0.3 is 14.8 Å². The average Bonchev–Trinajstić information content (AvgIpc) is 2.81. The third kappa shape index (κ3) is 3.10. The van der Waals surface area contributed by atoms with Crippen molar-refractivity contribution in [2.75, 3.05) is 18.0 Å². The zero-order valence-corrected chi connectivity index (χ0v) is 13.1. The Bertz CT molecular complexity index is 615. The molecule has 0 saturated heterocycles. The van der Waals surface area contributed by atoms with E-state index in [9.17, 15) is 0 Å². The van der Waals surface area contributed by atoms with Gasteiger partial charge in [-0.3, -0.25) is 0 Å². The fourth-order valence-electron chi connectivity index (χ4n) is 2.99.